The van der Waals surface area contributed by atoms with Gasteiger partial charge in [0.1, 0.15) is 0 Å². The molecular weight excluding hydrogens is 174 g/mol. The highest BCUT2D eigenvalue weighted by Crippen LogP contribution is 2.29. The molecule has 0 saturated heterocycles. The van der Waals surface area contributed by atoms with E-state index in [0.717, 1.165) is 0 Å². The fourth-order valence-corrected chi connectivity index (χ4v) is 0.249. The Balaban J connectivity index is 4.67. The molecule has 0 aliphatic rings. The van der Waals surface area contributed by atoms with E-state index in [0.29, 0.717) is 0 Å². The molecule has 2 nitrogen and oxygen atoms in total. The van der Waals surface area contributed by atoms with E-state index in [4.69, 9.17) is 10.0 Å². The van der Waals surface area contributed by atoms with Gasteiger partial charge in [-0.3, -0.25) is 0 Å². The first-order valence-electron chi connectivity index (χ1n) is 2.25. The van der Waals surface area contributed by atoms with Gasteiger partial charge >= 0.3 is 13.3 Å². The van der Waals surface area contributed by atoms with E-state index >= 15 is 0 Å². The summed E-state index contributed by atoms with van der Waals surface area (Å²) in [6, 6.07) is 0. The van der Waals surface area contributed by atoms with Crippen LogP contribution in [0, 0.1) is 0 Å². The standard InChI is InChI=1S/C3H2BF5O2/c5-1(3(7,8)9)2(6)4(10)11/h10-11H/b2-1+. The Kier molecular flexibility index (Phi) is 3.00. The zero-order chi connectivity index (χ0) is 9.23. The third-order valence-electron chi connectivity index (χ3n) is 0.685. The van der Waals surface area contributed by atoms with Gasteiger partial charge in [0, 0.05) is 0 Å². The van der Waals surface area contributed by atoms with E-state index in [-0.39, 0.29) is 0 Å². The fourth-order valence-electron chi connectivity index (χ4n) is 0.249. The number of hydrogen-bond acceptors (Lipinski definition) is 2. The molecule has 0 radical (unpaired) electrons. The van der Waals surface area contributed by atoms with Crippen molar-refractivity contribution in [3.05, 3.63) is 11.6 Å². The predicted octanol–water partition coefficient (Wildman–Crippen LogP) is 0.711. The summed E-state index contributed by atoms with van der Waals surface area (Å²) in [5.41, 5.74) is -2.64. The van der Waals surface area contributed by atoms with Crippen LogP contribution < -0.4 is 0 Å². The molecule has 0 fully saturated rings. The van der Waals surface area contributed by atoms with Crippen molar-refractivity contribution < 1.29 is 32.0 Å². The highest BCUT2D eigenvalue weighted by molar-refractivity contribution is 6.49. The molecule has 0 spiro atoms. The van der Waals surface area contributed by atoms with Crippen molar-refractivity contribution in [3.8, 4) is 0 Å². The van der Waals surface area contributed by atoms with E-state index in [2.05, 4.69) is 0 Å². The van der Waals surface area contributed by atoms with Crippen molar-refractivity contribution in [2.45, 2.75) is 6.18 Å². The third-order valence-corrected chi connectivity index (χ3v) is 0.685. The highest BCUT2D eigenvalue weighted by atomic mass is 19.4. The van der Waals surface area contributed by atoms with Crippen LogP contribution in [0.5, 0.6) is 0 Å². The molecule has 0 aromatic rings. The van der Waals surface area contributed by atoms with Crippen LogP contribution in [0.2, 0.25) is 0 Å². The van der Waals surface area contributed by atoms with Gasteiger partial charge in [-0.15, -0.1) is 0 Å². The molecule has 0 aliphatic heterocycles. The minimum Gasteiger partial charge on any atom is -0.422 e. The maximum Gasteiger partial charge on any atom is 0.521 e. The predicted molar refractivity (Wildman–Crippen MR) is 25.5 cm³/mol. The molecule has 0 saturated carbocycles. The molecule has 0 heterocycles. The number of hydrogen-bond donors (Lipinski definition) is 2. The van der Waals surface area contributed by atoms with Crippen molar-refractivity contribution in [1.82, 2.24) is 0 Å². The largest absolute Gasteiger partial charge is 0.521 e. The van der Waals surface area contributed by atoms with Gasteiger partial charge in [0.05, 0.1) is 0 Å². The number of rotatable bonds is 1. The molecule has 2 N–H and O–H groups in total. The average molecular weight is 176 g/mol. The van der Waals surface area contributed by atoms with Crippen LogP contribution in [0.25, 0.3) is 0 Å². The van der Waals surface area contributed by atoms with E-state index in [1.165, 1.54) is 0 Å². The summed E-state index contributed by atoms with van der Waals surface area (Å²) in [5, 5.41) is 15.5. The normalized spacial score (nSPS) is 14.5. The summed E-state index contributed by atoms with van der Waals surface area (Å²) in [7, 11) is -3.07. The summed E-state index contributed by atoms with van der Waals surface area (Å²) in [6.07, 6.45) is -5.52. The average Bonchev–Trinajstić information content (AvgIpc) is 1.82. The van der Waals surface area contributed by atoms with Gasteiger partial charge in [-0.2, -0.15) is 17.6 Å². The lowest BCUT2D eigenvalue weighted by atomic mass is 9.89. The summed E-state index contributed by atoms with van der Waals surface area (Å²) in [4.78, 5) is 0. The van der Waals surface area contributed by atoms with Gasteiger partial charge in [0.2, 0.25) is 5.83 Å². The minimum absolute atomic E-state index is 2.64. The highest BCUT2D eigenvalue weighted by Gasteiger charge is 2.40. The molecule has 0 rings (SSSR count). The lowest BCUT2D eigenvalue weighted by molar-refractivity contribution is -0.110. The van der Waals surface area contributed by atoms with Crippen molar-refractivity contribution in [1.29, 1.82) is 0 Å². The fraction of sp³-hybridized carbons (Fsp3) is 0.333. The first-order valence-corrected chi connectivity index (χ1v) is 2.25. The Labute approximate surface area is 58.1 Å². The van der Waals surface area contributed by atoms with Crippen LogP contribution in [0.1, 0.15) is 0 Å². The Bertz CT molecular complexity index is 173. The van der Waals surface area contributed by atoms with Gasteiger partial charge in [0.25, 0.3) is 0 Å². The molecule has 0 atom stereocenters. The molecule has 0 aromatic heterocycles. The van der Waals surface area contributed by atoms with E-state index < -0.39 is 24.8 Å². The lowest BCUT2D eigenvalue weighted by Gasteiger charge is -2.03. The van der Waals surface area contributed by atoms with Gasteiger partial charge in [0.15, 0.2) is 5.73 Å². The molecule has 11 heavy (non-hydrogen) atoms. The van der Waals surface area contributed by atoms with Gasteiger partial charge < -0.3 is 10.0 Å². The quantitative estimate of drug-likeness (QED) is 0.456. The number of allylic oxidation sites excluding steroid dienone is 1. The van der Waals surface area contributed by atoms with Crippen LogP contribution in [0.4, 0.5) is 22.0 Å². The molecule has 8 heteroatoms. The molecule has 0 amide bonds. The van der Waals surface area contributed by atoms with Crippen LogP contribution in [-0.4, -0.2) is 23.3 Å². The second-order valence-electron chi connectivity index (χ2n) is 1.53. The van der Waals surface area contributed by atoms with Gasteiger partial charge in [-0.1, -0.05) is 0 Å². The molecular formula is C3H2BF5O2. The van der Waals surface area contributed by atoms with Crippen molar-refractivity contribution >= 4 is 7.12 Å². The Morgan fingerprint density at radius 1 is 1.09 bits per heavy atom. The second kappa shape index (κ2) is 3.18. The molecule has 0 aliphatic carbocycles. The van der Waals surface area contributed by atoms with Crippen molar-refractivity contribution in [3.63, 3.8) is 0 Å². The monoisotopic (exact) mass is 176 g/mol. The first-order chi connectivity index (χ1) is 4.76. The molecule has 64 valence electrons. The third kappa shape index (κ3) is 2.85. The zero-order valence-electron chi connectivity index (χ0n) is 4.86. The van der Waals surface area contributed by atoms with Crippen molar-refractivity contribution in [2.24, 2.45) is 0 Å². The van der Waals surface area contributed by atoms with Gasteiger partial charge in [-0.25, -0.2) is 4.39 Å². The molecule has 0 unspecified atom stereocenters. The maximum atomic E-state index is 11.7. The lowest BCUT2D eigenvalue weighted by Crippen LogP contribution is -2.19. The molecule has 0 aromatic carbocycles. The van der Waals surface area contributed by atoms with Crippen molar-refractivity contribution in [2.75, 3.05) is 0 Å². The SMILES string of the molecule is OB(O)/C(F)=C(\F)C(F)(F)F. The zero-order valence-corrected chi connectivity index (χ0v) is 4.86. The second-order valence-corrected chi connectivity index (χ2v) is 1.53. The summed E-state index contributed by atoms with van der Waals surface area (Å²) < 4.78 is 56.8. The first kappa shape index (κ1) is 10.4. The van der Waals surface area contributed by atoms with Crippen LogP contribution in [0.3, 0.4) is 0 Å². The smallest absolute Gasteiger partial charge is 0.422 e. The number of alkyl halides is 3. The van der Waals surface area contributed by atoms with E-state index in [1.807, 2.05) is 0 Å². The number of halogens is 5. The Morgan fingerprint density at radius 3 is 1.55 bits per heavy atom. The maximum absolute atomic E-state index is 11.7. The summed E-state index contributed by atoms with van der Waals surface area (Å²) >= 11 is 0. The Morgan fingerprint density at radius 2 is 1.45 bits per heavy atom. The van der Waals surface area contributed by atoms with Gasteiger partial charge in [-0.05, 0) is 0 Å². The topological polar surface area (TPSA) is 40.5 Å². The summed E-state index contributed by atoms with van der Waals surface area (Å²) in [6.45, 7) is 0. The van der Waals surface area contributed by atoms with Crippen LogP contribution in [-0.2, 0) is 0 Å². The van der Waals surface area contributed by atoms with E-state index in [1.54, 1.807) is 0 Å². The summed E-state index contributed by atoms with van der Waals surface area (Å²) in [5.74, 6) is -3.13. The minimum atomic E-state index is -5.52. The van der Waals surface area contributed by atoms with Crippen LogP contribution >= 0.6 is 0 Å². The van der Waals surface area contributed by atoms with Crippen LogP contribution in [0.15, 0.2) is 11.6 Å². The molecule has 0 bridgehead atoms. The Hall–Kier alpha value is -0.625. The van der Waals surface area contributed by atoms with E-state index in [9.17, 15) is 22.0 Å².